The van der Waals surface area contributed by atoms with E-state index in [2.05, 4.69) is 27.7 Å². The van der Waals surface area contributed by atoms with Crippen LogP contribution in [0.4, 0.5) is 10.1 Å². The lowest BCUT2D eigenvalue weighted by atomic mass is 9.76. The number of ether oxygens (including phenoxy) is 1. The molecule has 0 amide bonds. The first kappa shape index (κ1) is 19.3. The van der Waals surface area contributed by atoms with Gasteiger partial charge >= 0.3 is 0 Å². The van der Waals surface area contributed by atoms with Crippen molar-refractivity contribution in [2.45, 2.75) is 31.1 Å². The van der Waals surface area contributed by atoms with Crippen LogP contribution in [-0.4, -0.2) is 43.7 Å². The van der Waals surface area contributed by atoms with Gasteiger partial charge in [-0.1, -0.05) is 41.9 Å². The molecule has 29 heavy (non-hydrogen) atoms. The topological polar surface area (TPSA) is 36.5 Å². The van der Waals surface area contributed by atoms with E-state index in [0.717, 1.165) is 51.1 Å². The van der Waals surface area contributed by atoms with Crippen LogP contribution >= 0.6 is 11.6 Å². The predicted octanol–water partition coefficient (Wildman–Crippen LogP) is 4.39. The van der Waals surface area contributed by atoms with E-state index in [9.17, 15) is 4.39 Å². The summed E-state index contributed by atoms with van der Waals surface area (Å²) in [5.41, 5.74) is 2.57. The molecule has 0 bridgehead atoms. The summed E-state index contributed by atoms with van der Waals surface area (Å²) in [6.45, 7) is 5.11. The minimum absolute atomic E-state index is 0.0320. The van der Waals surface area contributed by atoms with Crippen molar-refractivity contribution in [1.82, 2.24) is 10.2 Å². The van der Waals surface area contributed by atoms with Crippen LogP contribution in [0.2, 0.25) is 5.02 Å². The second-order valence-electron chi connectivity index (χ2n) is 8.36. The highest BCUT2D eigenvalue weighted by molar-refractivity contribution is 6.30. The van der Waals surface area contributed by atoms with E-state index < -0.39 is 0 Å². The predicted molar refractivity (Wildman–Crippen MR) is 114 cm³/mol. The number of rotatable bonds is 3. The first-order valence-corrected chi connectivity index (χ1v) is 11.0. The monoisotopic (exact) mass is 415 g/mol. The Hall–Kier alpha value is -1.66. The highest BCUT2D eigenvalue weighted by Crippen LogP contribution is 2.51. The van der Waals surface area contributed by atoms with Crippen LogP contribution in [0, 0.1) is 11.7 Å². The van der Waals surface area contributed by atoms with E-state index in [1.165, 1.54) is 11.6 Å². The summed E-state index contributed by atoms with van der Waals surface area (Å²) >= 11 is 6.22. The zero-order chi connectivity index (χ0) is 19.8. The first-order valence-electron chi connectivity index (χ1n) is 10.6. The molecule has 3 heterocycles. The highest BCUT2D eigenvalue weighted by atomic mass is 35.5. The lowest BCUT2D eigenvalue weighted by molar-refractivity contribution is -0.103. The number of piperazine rings is 1. The summed E-state index contributed by atoms with van der Waals surface area (Å²) < 4.78 is 21.5. The number of hydrogen-bond acceptors (Lipinski definition) is 4. The molecule has 2 aromatic rings. The molecule has 2 N–H and O–H groups in total. The van der Waals surface area contributed by atoms with Crippen molar-refractivity contribution in [3.63, 3.8) is 0 Å². The van der Waals surface area contributed by atoms with Crippen molar-refractivity contribution in [2.75, 3.05) is 38.0 Å². The molecule has 0 aromatic heterocycles. The van der Waals surface area contributed by atoms with E-state index in [0.29, 0.717) is 10.7 Å². The van der Waals surface area contributed by atoms with E-state index in [1.807, 2.05) is 24.3 Å². The van der Waals surface area contributed by atoms with Crippen LogP contribution in [0.1, 0.15) is 36.1 Å². The zero-order valence-corrected chi connectivity index (χ0v) is 17.2. The Balaban J connectivity index is 1.45. The lowest BCUT2D eigenvalue weighted by Crippen LogP contribution is -2.48. The summed E-state index contributed by atoms with van der Waals surface area (Å²) in [4.78, 5) is 2.47. The number of anilines is 1. The highest BCUT2D eigenvalue weighted by Gasteiger charge is 2.43. The Morgan fingerprint density at radius 1 is 1.10 bits per heavy atom. The van der Waals surface area contributed by atoms with Gasteiger partial charge in [-0.2, -0.15) is 0 Å². The normalized spacial score (nSPS) is 29.6. The van der Waals surface area contributed by atoms with Crippen molar-refractivity contribution in [3.8, 4) is 0 Å². The van der Waals surface area contributed by atoms with Gasteiger partial charge in [0, 0.05) is 49.2 Å². The fourth-order valence-electron chi connectivity index (χ4n) is 5.09. The number of halogens is 2. The van der Waals surface area contributed by atoms with Gasteiger partial charge < -0.3 is 15.4 Å². The molecule has 0 spiro atoms. The number of fused-ring (bicyclic) bond motifs is 3. The molecule has 6 heteroatoms. The molecule has 0 radical (unpaired) electrons. The van der Waals surface area contributed by atoms with Crippen molar-refractivity contribution in [1.29, 1.82) is 0 Å². The van der Waals surface area contributed by atoms with Crippen LogP contribution in [0.15, 0.2) is 42.5 Å². The molecule has 5 rings (SSSR count). The first-order chi connectivity index (χ1) is 14.2. The van der Waals surface area contributed by atoms with E-state index in [4.69, 9.17) is 16.3 Å². The van der Waals surface area contributed by atoms with Gasteiger partial charge in [-0.25, -0.2) is 4.39 Å². The molecule has 2 fully saturated rings. The van der Waals surface area contributed by atoms with Crippen LogP contribution in [0.25, 0.3) is 0 Å². The van der Waals surface area contributed by atoms with Crippen LogP contribution < -0.4 is 10.6 Å². The maximum absolute atomic E-state index is 14.8. The minimum atomic E-state index is -0.306. The van der Waals surface area contributed by atoms with Crippen LogP contribution in [0.3, 0.4) is 0 Å². The van der Waals surface area contributed by atoms with Crippen LogP contribution in [0.5, 0.6) is 0 Å². The third-order valence-electron chi connectivity index (χ3n) is 6.50. The maximum Gasteiger partial charge on any atom is 0.148 e. The second kappa shape index (κ2) is 8.23. The summed E-state index contributed by atoms with van der Waals surface area (Å²) in [7, 11) is 0. The molecule has 1 unspecified atom stereocenters. The Bertz CT molecular complexity index is 859. The molecule has 2 aromatic carbocycles. The van der Waals surface area contributed by atoms with Crippen molar-refractivity contribution >= 4 is 17.3 Å². The standard InChI is InChI=1S/C23H27ClFN3O/c24-16-12-19-22(20(25)13-16)27-21(15-4-2-1-3-5-15)18-7-6-17(29-23(18)19)14-28-10-8-26-9-11-28/h1-5,12-13,17-18,21,23,26-27H,6-11,14H2/t17-,18+,21+,23?/m1/s1. The van der Waals surface area contributed by atoms with Crippen molar-refractivity contribution in [3.05, 3.63) is 64.4 Å². The summed E-state index contributed by atoms with van der Waals surface area (Å²) in [6, 6.07) is 13.6. The van der Waals surface area contributed by atoms with Gasteiger partial charge in [-0.15, -0.1) is 0 Å². The average molecular weight is 416 g/mol. The van der Waals surface area contributed by atoms with E-state index in [1.54, 1.807) is 0 Å². The van der Waals surface area contributed by atoms with Crippen molar-refractivity contribution in [2.24, 2.45) is 5.92 Å². The number of benzene rings is 2. The van der Waals surface area contributed by atoms with Gasteiger partial charge in [0.2, 0.25) is 0 Å². The number of nitrogens with zero attached hydrogens (tertiary/aromatic N) is 1. The molecule has 3 aliphatic rings. The molecule has 154 valence electrons. The molecule has 4 nitrogen and oxygen atoms in total. The largest absolute Gasteiger partial charge is 0.375 e. The zero-order valence-electron chi connectivity index (χ0n) is 16.4. The van der Waals surface area contributed by atoms with E-state index >= 15 is 0 Å². The van der Waals surface area contributed by atoms with Crippen LogP contribution in [-0.2, 0) is 4.74 Å². The van der Waals surface area contributed by atoms with Gasteiger partial charge in [0.25, 0.3) is 0 Å². The second-order valence-corrected chi connectivity index (χ2v) is 8.79. The third-order valence-corrected chi connectivity index (χ3v) is 6.72. The van der Waals surface area contributed by atoms with Gasteiger partial charge in [0.1, 0.15) is 5.82 Å². The SMILES string of the molecule is Fc1cc(Cl)cc2c1N[C@@H](c1ccccc1)[C@@H]1CC[C@H](CN3CCNCC3)OC21. The molecule has 2 saturated heterocycles. The van der Waals surface area contributed by atoms with Gasteiger partial charge in [0.05, 0.1) is 23.9 Å². The molecule has 4 atom stereocenters. The maximum atomic E-state index is 14.8. The lowest BCUT2D eigenvalue weighted by Gasteiger charge is -2.46. The summed E-state index contributed by atoms with van der Waals surface area (Å²) in [6.07, 6.45) is 2.08. The van der Waals surface area contributed by atoms with E-state index in [-0.39, 0.29) is 30.0 Å². The third kappa shape index (κ3) is 3.89. The Morgan fingerprint density at radius 2 is 1.90 bits per heavy atom. The molecular weight excluding hydrogens is 389 g/mol. The minimum Gasteiger partial charge on any atom is -0.375 e. The van der Waals surface area contributed by atoms with Gasteiger partial charge in [0.15, 0.2) is 0 Å². The molecule has 3 aliphatic heterocycles. The Labute approximate surface area is 176 Å². The Kier molecular flexibility index (Phi) is 5.48. The van der Waals surface area contributed by atoms with Gasteiger partial charge in [-0.05, 0) is 30.5 Å². The number of hydrogen-bond donors (Lipinski definition) is 2. The smallest absolute Gasteiger partial charge is 0.148 e. The average Bonchev–Trinajstić information content (AvgIpc) is 2.75. The quantitative estimate of drug-likeness (QED) is 0.779. The van der Waals surface area contributed by atoms with Gasteiger partial charge in [-0.3, -0.25) is 4.90 Å². The fraction of sp³-hybridized carbons (Fsp3) is 0.478. The molecule has 0 saturated carbocycles. The summed E-state index contributed by atoms with van der Waals surface area (Å²) in [5.74, 6) is -0.0539. The van der Waals surface area contributed by atoms with Crippen molar-refractivity contribution < 1.29 is 9.13 Å². The number of nitrogens with one attached hydrogen (secondary N) is 2. The fourth-order valence-corrected chi connectivity index (χ4v) is 5.30. The Morgan fingerprint density at radius 3 is 2.69 bits per heavy atom. The molecular formula is C23H27ClFN3O. The molecule has 0 aliphatic carbocycles. The summed E-state index contributed by atoms with van der Waals surface area (Å²) in [5, 5.41) is 7.30.